The number of anilines is 1. The van der Waals surface area contributed by atoms with Crippen molar-refractivity contribution in [1.29, 1.82) is 0 Å². The van der Waals surface area contributed by atoms with Gasteiger partial charge in [0, 0.05) is 12.2 Å². The van der Waals surface area contributed by atoms with Gasteiger partial charge < -0.3 is 10.1 Å². The number of hydrogen-bond acceptors (Lipinski definition) is 5. The summed E-state index contributed by atoms with van der Waals surface area (Å²) in [6.45, 7) is 2.46. The van der Waals surface area contributed by atoms with E-state index >= 15 is 0 Å². The summed E-state index contributed by atoms with van der Waals surface area (Å²) < 4.78 is 28.1. The molecule has 1 aromatic rings. The molecule has 0 spiro atoms. The summed E-state index contributed by atoms with van der Waals surface area (Å²) in [6, 6.07) is 3.55. The van der Waals surface area contributed by atoms with Crippen LogP contribution in [0, 0.1) is 0 Å². The Labute approximate surface area is 101 Å². The van der Waals surface area contributed by atoms with E-state index in [2.05, 4.69) is 10.3 Å². The molecule has 0 saturated carbocycles. The quantitative estimate of drug-likeness (QED) is 0.873. The van der Waals surface area contributed by atoms with E-state index in [0.29, 0.717) is 24.6 Å². The highest BCUT2D eigenvalue weighted by molar-refractivity contribution is 7.91. The lowest BCUT2D eigenvalue weighted by molar-refractivity contribution is 0.340. The Hall–Kier alpha value is -1.30. The summed E-state index contributed by atoms with van der Waals surface area (Å²) in [5.41, 5.74) is 0. The Morgan fingerprint density at radius 3 is 3.06 bits per heavy atom. The van der Waals surface area contributed by atoms with Gasteiger partial charge in [0.15, 0.2) is 21.4 Å². The van der Waals surface area contributed by atoms with E-state index in [0.717, 1.165) is 0 Å². The van der Waals surface area contributed by atoms with Crippen LogP contribution in [0.25, 0.3) is 0 Å². The van der Waals surface area contributed by atoms with Crippen LogP contribution in [-0.2, 0) is 9.84 Å². The van der Waals surface area contributed by atoms with Crippen LogP contribution in [0.2, 0.25) is 0 Å². The monoisotopic (exact) mass is 256 g/mol. The van der Waals surface area contributed by atoms with E-state index in [9.17, 15) is 8.42 Å². The molecule has 2 heterocycles. The van der Waals surface area contributed by atoms with Crippen LogP contribution >= 0.6 is 0 Å². The van der Waals surface area contributed by atoms with E-state index in [-0.39, 0.29) is 17.5 Å². The maximum Gasteiger partial charge on any atom is 0.168 e. The number of nitrogens with one attached hydrogen (secondary N) is 1. The van der Waals surface area contributed by atoms with Gasteiger partial charge in [-0.25, -0.2) is 13.4 Å². The van der Waals surface area contributed by atoms with Crippen LogP contribution < -0.4 is 10.1 Å². The smallest absolute Gasteiger partial charge is 0.168 e. The number of pyridine rings is 1. The lowest BCUT2D eigenvalue weighted by Crippen LogP contribution is -2.21. The predicted octanol–water partition coefficient (Wildman–Crippen LogP) is 1.08. The molecule has 5 nitrogen and oxygen atoms in total. The molecule has 17 heavy (non-hydrogen) atoms. The number of hydrogen-bond donors (Lipinski definition) is 1. The molecule has 1 aliphatic heterocycles. The summed E-state index contributed by atoms with van der Waals surface area (Å²) in [7, 11) is -2.87. The molecule has 0 radical (unpaired) electrons. The van der Waals surface area contributed by atoms with Crippen molar-refractivity contribution in [1.82, 2.24) is 4.98 Å². The van der Waals surface area contributed by atoms with Gasteiger partial charge in [-0.1, -0.05) is 0 Å². The SMILES string of the molecule is CCOc1cccnc1NC1CCS(=O)(=O)C1. The summed E-state index contributed by atoms with van der Waals surface area (Å²) in [4.78, 5) is 4.18. The van der Waals surface area contributed by atoms with Crippen molar-refractivity contribution in [3.8, 4) is 5.75 Å². The molecule has 1 atom stereocenters. The first-order valence-electron chi connectivity index (χ1n) is 5.65. The van der Waals surface area contributed by atoms with Crippen LogP contribution in [0.3, 0.4) is 0 Å². The first kappa shape index (κ1) is 12.2. The molecule has 0 aliphatic carbocycles. The van der Waals surface area contributed by atoms with Crippen molar-refractivity contribution >= 4 is 15.7 Å². The van der Waals surface area contributed by atoms with Crippen molar-refractivity contribution in [2.24, 2.45) is 0 Å². The predicted molar refractivity (Wildman–Crippen MR) is 66.1 cm³/mol. The first-order valence-corrected chi connectivity index (χ1v) is 7.47. The zero-order valence-electron chi connectivity index (χ0n) is 9.72. The molecule has 0 bridgehead atoms. The summed E-state index contributed by atoms with van der Waals surface area (Å²) in [6.07, 6.45) is 2.29. The molecular weight excluding hydrogens is 240 g/mol. The molecule has 1 aromatic heterocycles. The lowest BCUT2D eigenvalue weighted by atomic mass is 10.2. The average molecular weight is 256 g/mol. The summed E-state index contributed by atoms with van der Waals surface area (Å²) in [5.74, 6) is 1.71. The molecule has 94 valence electrons. The third-order valence-corrected chi connectivity index (χ3v) is 4.41. The minimum Gasteiger partial charge on any atom is -0.490 e. The largest absolute Gasteiger partial charge is 0.490 e. The number of rotatable bonds is 4. The van der Waals surface area contributed by atoms with Crippen molar-refractivity contribution < 1.29 is 13.2 Å². The second kappa shape index (κ2) is 4.91. The van der Waals surface area contributed by atoms with Gasteiger partial charge in [-0.3, -0.25) is 0 Å². The zero-order chi connectivity index (χ0) is 12.3. The number of sulfone groups is 1. The molecule has 0 aromatic carbocycles. The molecule has 2 rings (SSSR count). The fourth-order valence-electron chi connectivity index (χ4n) is 1.87. The van der Waals surface area contributed by atoms with Crippen LogP contribution in [0.15, 0.2) is 18.3 Å². The van der Waals surface area contributed by atoms with Gasteiger partial charge in [-0.2, -0.15) is 0 Å². The Balaban J connectivity index is 2.08. The lowest BCUT2D eigenvalue weighted by Gasteiger charge is -2.14. The third kappa shape index (κ3) is 3.09. The second-order valence-electron chi connectivity index (χ2n) is 4.03. The van der Waals surface area contributed by atoms with Crippen LogP contribution in [0.5, 0.6) is 5.75 Å². The van der Waals surface area contributed by atoms with E-state index in [1.165, 1.54) is 0 Å². The maximum atomic E-state index is 11.4. The van der Waals surface area contributed by atoms with E-state index in [4.69, 9.17) is 4.74 Å². The molecule has 1 N–H and O–H groups in total. The standard InChI is InChI=1S/C11H16N2O3S/c1-2-16-10-4-3-6-12-11(10)13-9-5-7-17(14,15)8-9/h3-4,6,9H,2,5,7-8H2,1H3,(H,12,13). The third-order valence-electron chi connectivity index (χ3n) is 2.64. The molecule has 1 saturated heterocycles. The number of ether oxygens (including phenoxy) is 1. The Kier molecular flexibility index (Phi) is 3.51. The Morgan fingerprint density at radius 2 is 2.41 bits per heavy atom. The van der Waals surface area contributed by atoms with Crippen molar-refractivity contribution in [2.75, 3.05) is 23.4 Å². The average Bonchev–Trinajstić information content (AvgIpc) is 2.61. The topological polar surface area (TPSA) is 68.3 Å². The van der Waals surface area contributed by atoms with Gasteiger partial charge in [-0.05, 0) is 25.5 Å². The maximum absolute atomic E-state index is 11.4. The highest BCUT2D eigenvalue weighted by Gasteiger charge is 2.28. The summed E-state index contributed by atoms with van der Waals surface area (Å²) >= 11 is 0. The molecule has 1 aliphatic rings. The first-order chi connectivity index (χ1) is 8.11. The van der Waals surface area contributed by atoms with Gasteiger partial charge in [0.05, 0.1) is 18.1 Å². The van der Waals surface area contributed by atoms with Gasteiger partial charge in [0.25, 0.3) is 0 Å². The van der Waals surface area contributed by atoms with E-state index in [1.54, 1.807) is 12.3 Å². The highest BCUT2D eigenvalue weighted by atomic mass is 32.2. The second-order valence-corrected chi connectivity index (χ2v) is 6.26. The summed E-state index contributed by atoms with van der Waals surface area (Å²) in [5, 5.41) is 3.13. The van der Waals surface area contributed by atoms with Crippen molar-refractivity contribution in [3.63, 3.8) is 0 Å². The Morgan fingerprint density at radius 1 is 1.59 bits per heavy atom. The van der Waals surface area contributed by atoms with Crippen molar-refractivity contribution in [3.05, 3.63) is 18.3 Å². The van der Waals surface area contributed by atoms with Crippen LogP contribution in [0.1, 0.15) is 13.3 Å². The van der Waals surface area contributed by atoms with Gasteiger partial charge in [-0.15, -0.1) is 0 Å². The van der Waals surface area contributed by atoms with Crippen LogP contribution in [0.4, 0.5) is 5.82 Å². The zero-order valence-corrected chi connectivity index (χ0v) is 10.5. The Bertz CT molecular complexity index is 487. The number of aromatic nitrogens is 1. The molecule has 0 amide bonds. The molecular formula is C11H16N2O3S. The minimum absolute atomic E-state index is 0.0610. The van der Waals surface area contributed by atoms with E-state index < -0.39 is 9.84 Å². The van der Waals surface area contributed by atoms with Crippen LogP contribution in [-0.4, -0.2) is 37.6 Å². The minimum atomic E-state index is -2.87. The van der Waals surface area contributed by atoms with Gasteiger partial charge in [0.1, 0.15) is 0 Å². The molecule has 1 fully saturated rings. The fraction of sp³-hybridized carbons (Fsp3) is 0.545. The normalized spacial score (nSPS) is 22.3. The van der Waals surface area contributed by atoms with Gasteiger partial charge >= 0.3 is 0 Å². The fourth-order valence-corrected chi connectivity index (χ4v) is 3.55. The van der Waals surface area contributed by atoms with E-state index in [1.807, 2.05) is 13.0 Å². The van der Waals surface area contributed by atoms with Crippen molar-refractivity contribution in [2.45, 2.75) is 19.4 Å². The molecule has 1 unspecified atom stereocenters. The number of nitrogens with zero attached hydrogens (tertiary/aromatic N) is 1. The molecule has 6 heteroatoms. The van der Waals surface area contributed by atoms with Gasteiger partial charge in [0.2, 0.25) is 0 Å². The highest BCUT2D eigenvalue weighted by Crippen LogP contribution is 2.24.